The number of aromatic carboxylic acids is 1. The van der Waals surface area contributed by atoms with Crippen molar-refractivity contribution in [1.29, 1.82) is 0 Å². The Labute approximate surface area is 147 Å². The molecule has 4 aromatic rings. The van der Waals surface area contributed by atoms with Crippen LogP contribution in [-0.2, 0) is 11.3 Å². The summed E-state index contributed by atoms with van der Waals surface area (Å²) >= 11 is 0. The number of carboxylic acid groups (broad SMARTS) is 1. The first kappa shape index (κ1) is 16.2. The summed E-state index contributed by atoms with van der Waals surface area (Å²) in [6, 6.07) is 9.10. The molecule has 0 aliphatic rings. The molecule has 0 saturated heterocycles. The van der Waals surface area contributed by atoms with Gasteiger partial charge < -0.3 is 14.4 Å². The predicted octanol–water partition coefficient (Wildman–Crippen LogP) is 3.06. The summed E-state index contributed by atoms with van der Waals surface area (Å²) in [7, 11) is 1.59. The summed E-state index contributed by atoms with van der Waals surface area (Å²) in [6.07, 6.45) is 0. The van der Waals surface area contributed by atoms with Gasteiger partial charge in [-0.15, -0.1) is 0 Å². The number of methoxy groups -OCH3 is 1. The van der Waals surface area contributed by atoms with Gasteiger partial charge in [-0.1, -0.05) is 0 Å². The number of halogens is 1. The molecule has 0 spiro atoms. The monoisotopic (exact) mass is 354 g/mol. The Morgan fingerprint density at radius 1 is 1.31 bits per heavy atom. The second kappa shape index (κ2) is 6.23. The Bertz CT molecular complexity index is 1130. The van der Waals surface area contributed by atoms with Crippen molar-refractivity contribution < 1.29 is 19.0 Å². The number of H-pyrrole nitrogens is 1. The van der Waals surface area contributed by atoms with Gasteiger partial charge >= 0.3 is 5.97 Å². The van der Waals surface area contributed by atoms with Gasteiger partial charge in [0.05, 0.1) is 28.7 Å². The summed E-state index contributed by atoms with van der Waals surface area (Å²) in [6.45, 7) is 0.871. The lowest BCUT2D eigenvalue weighted by Crippen LogP contribution is -2.06. The number of rotatable bonds is 5. The van der Waals surface area contributed by atoms with E-state index in [0.717, 1.165) is 0 Å². The van der Waals surface area contributed by atoms with E-state index >= 15 is 0 Å². The molecular weight excluding hydrogens is 339 g/mol. The highest BCUT2D eigenvalue weighted by Gasteiger charge is 2.19. The van der Waals surface area contributed by atoms with Gasteiger partial charge in [-0.05, 0) is 36.4 Å². The lowest BCUT2D eigenvalue weighted by atomic mass is 10.1. The van der Waals surface area contributed by atoms with Crippen LogP contribution in [-0.4, -0.2) is 44.5 Å². The van der Waals surface area contributed by atoms with Crippen molar-refractivity contribution in [1.82, 2.24) is 19.7 Å². The van der Waals surface area contributed by atoms with Crippen molar-refractivity contribution in [3.05, 3.63) is 47.8 Å². The van der Waals surface area contributed by atoms with Gasteiger partial charge in [-0.3, -0.25) is 5.10 Å². The molecule has 132 valence electrons. The fourth-order valence-corrected chi connectivity index (χ4v) is 3.00. The van der Waals surface area contributed by atoms with Crippen LogP contribution < -0.4 is 0 Å². The van der Waals surface area contributed by atoms with Gasteiger partial charge in [0.15, 0.2) is 5.82 Å². The van der Waals surface area contributed by atoms with Crippen molar-refractivity contribution >= 4 is 27.9 Å². The number of nitrogens with one attached hydrogen (secondary N) is 1. The largest absolute Gasteiger partial charge is 0.478 e. The summed E-state index contributed by atoms with van der Waals surface area (Å²) in [4.78, 5) is 15.9. The molecule has 0 unspecified atom stereocenters. The number of fused-ring (bicyclic) bond motifs is 2. The third-order valence-electron chi connectivity index (χ3n) is 4.25. The van der Waals surface area contributed by atoms with E-state index in [9.17, 15) is 14.3 Å². The lowest BCUT2D eigenvalue weighted by molar-refractivity contribution is 0.0697. The minimum atomic E-state index is -1.02. The van der Waals surface area contributed by atoms with Crippen LogP contribution in [0.1, 0.15) is 10.4 Å². The molecule has 2 N–H and O–H groups in total. The Balaban J connectivity index is 1.97. The van der Waals surface area contributed by atoms with Gasteiger partial charge in [0.1, 0.15) is 11.5 Å². The van der Waals surface area contributed by atoms with Crippen molar-refractivity contribution in [3.8, 4) is 11.5 Å². The Morgan fingerprint density at radius 2 is 2.15 bits per heavy atom. The number of imidazole rings is 1. The molecule has 26 heavy (non-hydrogen) atoms. The maximum atomic E-state index is 13.7. The molecule has 2 aromatic carbocycles. The quantitative estimate of drug-likeness (QED) is 0.574. The fraction of sp³-hybridized carbons (Fsp3) is 0.167. The Hall–Kier alpha value is -3.26. The molecule has 7 nitrogen and oxygen atoms in total. The van der Waals surface area contributed by atoms with E-state index in [4.69, 9.17) is 4.74 Å². The summed E-state index contributed by atoms with van der Waals surface area (Å²) < 4.78 is 20.7. The first-order valence-electron chi connectivity index (χ1n) is 7.95. The Kier molecular flexibility index (Phi) is 3.89. The lowest BCUT2D eigenvalue weighted by Gasteiger charge is -2.07. The number of hydrogen-bond acceptors (Lipinski definition) is 4. The first-order chi connectivity index (χ1) is 12.6. The van der Waals surface area contributed by atoms with E-state index in [2.05, 4.69) is 15.2 Å². The molecule has 0 fully saturated rings. The molecule has 4 rings (SSSR count). The average molecular weight is 354 g/mol. The second-order valence-corrected chi connectivity index (χ2v) is 5.85. The number of nitrogens with zero attached hydrogens (tertiary/aromatic N) is 3. The van der Waals surface area contributed by atoms with E-state index in [1.165, 1.54) is 18.2 Å². The number of aromatic amines is 1. The van der Waals surface area contributed by atoms with E-state index in [0.29, 0.717) is 46.6 Å². The molecule has 0 aliphatic heterocycles. The highest BCUT2D eigenvalue weighted by atomic mass is 19.1. The van der Waals surface area contributed by atoms with E-state index in [1.807, 2.05) is 4.57 Å². The van der Waals surface area contributed by atoms with Crippen molar-refractivity contribution in [2.75, 3.05) is 13.7 Å². The molecule has 0 aliphatic carbocycles. The molecular formula is C18H15FN4O3. The highest BCUT2D eigenvalue weighted by Crippen LogP contribution is 2.30. The number of hydrogen-bond donors (Lipinski definition) is 2. The SMILES string of the molecule is COCCn1c(-c2n[nH]c3ccc(C(=O)O)cc23)nc2ccc(F)cc21. The second-order valence-electron chi connectivity index (χ2n) is 5.85. The number of aromatic nitrogens is 4. The van der Waals surface area contributed by atoms with Crippen LogP contribution in [0.25, 0.3) is 33.5 Å². The van der Waals surface area contributed by atoms with Gasteiger partial charge in [-0.25, -0.2) is 14.2 Å². The van der Waals surface area contributed by atoms with Crippen LogP contribution >= 0.6 is 0 Å². The van der Waals surface area contributed by atoms with Gasteiger partial charge in [-0.2, -0.15) is 5.10 Å². The van der Waals surface area contributed by atoms with Crippen molar-refractivity contribution in [2.45, 2.75) is 6.54 Å². The van der Waals surface area contributed by atoms with Crippen LogP contribution in [0.2, 0.25) is 0 Å². The zero-order valence-electron chi connectivity index (χ0n) is 13.9. The maximum Gasteiger partial charge on any atom is 0.335 e. The van der Waals surface area contributed by atoms with Crippen LogP contribution in [0, 0.1) is 5.82 Å². The molecule has 0 amide bonds. The van der Waals surface area contributed by atoms with E-state index in [1.54, 1.807) is 25.3 Å². The molecule has 8 heteroatoms. The van der Waals surface area contributed by atoms with Crippen LogP contribution in [0.5, 0.6) is 0 Å². The van der Waals surface area contributed by atoms with E-state index in [-0.39, 0.29) is 11.4 Å². The maximum absolute atomic E-state index is 13.7. The van der Waals surface area contributed by atoms with Gasteiger partial charge in [0, 0.05) is 19.0 Å². The van der Waals surface area contributed by atoms with Gasteiger partial charge in [0.2, 0.25) is 0 Å². The third-order valence-corrected chi connectivity index (χ3v) is 4.25. The minimum Gasteiger partial charge on any atom is -0.478 e. The molecule has 2 aromatic heterocycles. The zero-order valence-corrected chi connectivity index (χ0v) is 13.9. The Morgan fingerprint density at radius 3 is 2.92 bits per heavy atom. The predicted molar refractivity (Wildman–Crippen MR) is 93.6 cm³/mol. The fourth-order valence-electron chi connectivity index (χ4n) is 3.00. The number of carboxylic acids is 1. The van der Waals surface area contributed by atoms with E-state index < -0.39 is 5.97 Å². The highest BCUT2D eigenvalue weighted by molar-refractivity contribution is 5.99. The third kappa shape index (κ3) is 2.60. The average Bonchev–Trinajstić information content (AvgIpc) is 3.19. The standard InChI is InChI=1S/C18H15FN4O3/c1-26-7-6-23-15-9-11(19)3-5-14(15)20-17(23)16-12-8-10(18(24)25)2-4-13(12)21-22-16/h2-5,8-9H,6-7H2,1H3,(H,21,22)(H,24,25). The normalized spacial score (nSPS) is 11.5. The van der Waals surface area contributed by atoms with Crippen molar-refractivity contribution in [2.24, 2.45) is 0 Å². The van der Waals surface area contributed by atoms with Crippen LogP contribution in [0.4, 0.5) is 4.39 Å². The first-order valence-corrected chi connectivity index (χ1v) is 7.95. The summed E-state index contributed by atoms with van der Waals surface area (Å²) in [5.41, 5.74) is 2.62. The minimum absolute atomic E-state index is 0.158. The summed E-state index contributed by atoms with van der Waals surface area (Å²) in [5, 5.41) is 17.1. The molecule has 0 radical (unpaired) electrons. The summed E-state index contributed by atoms with van der Waals surface area (Å²) in [5.74, 6) is -0.854. The molecule has 0 saturated carbocycles. The number of benzene rings is 2. The van der Waals surface area contributed by atoms with Crippen LogP contribution in [0.3, 0.4) is 0 Å². The zero-order chi connectivity index (χ0) is 18.3. The van der Waals surface area contributed by atoms with Crippen LogP contribution in [0.15, 0.2) is 36.4 Å². The van der Waals surface area contributed by atoms with Gasteiger partial charge in [0.25, 0.3) is 0 Å². The smallest absolute Gasteiger partial charge is 0.335 e. The van der Waals surface area contributed by atoms with Crippen molar-refractivity contribution in [3.63, 3.8) is 0 Å². The number of carbonyl (C=O) groups is 1. The number of ether oxygens (including phenoxy) is 1. The molecule has 0 atom stereocenters. The topological polar surface area (TPSA) is 93.0 Å². The molecule has 0 bridgehead atoms. The molecule has 2 heterocycles.